The van der Waals surface area contributed by atoms with Crippen LogP contribution in [0.3, 0.4) is 0 Å². The van der Waals surface area contributed by atoms with Gasteiger partial charge in [0, 0.05) is 0 Å². The highest BCUT2D eigenvalue weighted by Gasteiger charge is 2.42. The van der Waals surface area contributed by atoms with Crippen LogP contribution in [0.5, 0.6) is 11.5 Å². The van der Waals surface area contributed by atoms with Gasteiger partial charge in [-0.25, -0.2) is 0 Å². The molecule has 1 unspecified atom stereocenters. The Bertz CT molecular complexity index is 578. The van der Waals surface area contributed by atoms with Gasteiger partial charge in [0.05, 0.1) is 5.92 Å². The van der Waals surface area contributed by atoms with Crippen LogP contribution in [0.4, 0.5) is 17.6 Å². The number of carbonyl (C=O) groups excluding carboxylic acids is 1. The van der Waals surface area contributed by atoms with Crippen molar-refractivity contribution in [2.24, 2.45) is 11.8 Å². The maximum atomic E-state index is 12.8. The molecule has 0 spiro atoms. The maximum Gasteiger partial charge on any atom is 0.457 e. The summed E-state index contributed by atoms with van der Waals surface area (Å²) in [6, 6.07) is 4.89. The van der Waals surface area contributed by atoms with Crippen LogP contribution in [0.1, 0.15) is 58.3 Å². The summed E-state index contributed by atoms with van der Waals surface area (Å²) in [5.41, 5.74) is 0. The molecule has 1 aliphatic rings. The molecule has 3 nitrogen and oxygen atoms in total. The topological polar surface area (TPSA) is 35.5 Å². The Morgan fingerprint density at radius 2 is 1.67 bits per heavy atom. The monoisotopic (exact) mass is 390 g/mol. The summed E-state index contributed by atoms with van der Waals surface area (Å²) in [5, 5.41) is 0. The summed E-state index contributed by atoms with van der Waals surface area (Å²) < 4.78 is 58.7. The molecule has 0 aliphatic heterocycles. The van der Waals surface area contributed by atoms with E-state index in [4.69, 9.17) is 4.74 Å². The van der Waals surface area contributed by atoms with Gasteiger partial charge >= 0.3 is 18.5 Å². The maximum absolute atomic E-state index is 12.8. The first-order valence-electron chi connectivity index (χ1n) is 9.48. The Hall–Kier alpha value is -1.79. The molecule has 2 rings (SSSR count). The number of rotatable bonds is 8. The van der Waals surface area contributed by atoms with Crippen LogP contribution in [-0.4, -0.2) is 18.5 Å². The molecule has 1 atom stereocenters. The number of ether oxygens (including phenoxy) is 2. The second-order valence-electron chi connectivity index (χ2n) is 7.08. The minimum Gasteiger partial charge on any atom is -0.452 e. The van der Waals surface area contributed by atoms with Gasteiger partial charge in [0.1, 0.15) is 11.5 Å². The number of hydrogen-bond donors (Lipinski definition) is 0. The number of hydrogen-bond acceptors (Lipinski definition) is 3. The van der Waals surface area contributed by atoms with E-state index in [1.807, 2.05) is 0 Å². The highest BCUT2D eigenvalue weighted by Crippen LogP contribution is 2.33. The second-order valence-corrected chi connectivity index (χ2v) is 7.08. The van der Waals surface area contributed by atoms with Crippen molar-refractivity contribution in [2.45, 2.75) is 70.8 Å². The van der Waals surface area contributed by atoms with E-state index in [1.54, 1.807) is 0 Å². The van der Waals surface area contributed by atoms with Crippen molar-refractivity contribution in [2.75, 3.05) is 0 Å². The number of halogens is 4. The van der Waals surface area contributed by atoms with Crippen LogP contribution < -0.4 is 9.47 Å². The molecule has 0 saturated heterocycles. The van der Waals surface area contributed by atoms with Gasteiger partial charge in [-0.3, -0.25) is 4.79 Å². The number of esters is 1. The number of carbonyl (C=O) groups is 1. The van der Waals surface area contributed by atoms with Crippen molar-refractivity contribution >= 4 is 5.97 Å². The van der Waals surface area contributed by atoms with E-state index in [9.17, 15) is 22.4 Å². The standard InChI is InChI=1S/C20H26F4O3/c1-2-3-4-5-14-6-8-15(9-7-14)18(25)26-16-10-12-17(13-11-16)27-19(21)20(22,23)24/h10-15,19H,2-9H2,1H3. The third-order valence-corrected chi connectivity index (χ3v) is 4.94. The minimum absolute atomic E-state index is 0.149. The van der Waals surface area contributed by atoms with Crippen LogP contribution >= 0.6 is 0 Å². The molecule has 0 bridgehead atoms. The van der Waals surface area contributed by atoms with E-state index in [2.05, 4.69) is 11.7 Å². The molecular weight excluding hydrogens is 364 g/mol. The van der Waals surface area contributed by atoms with Crippen LogP contribution in [-0.2, 0) is 4.79 Å². The lowest BCUT2D eigenvalue weighted by atomic mass is 9.80. The SMILES string of the molecule is CCCCCC1CCC(C(=O)Oc2ccc(OC(F)C(F)(F)F)cc2)CC1. The average molecular weight is 390 g/mol. The van der Waals surface area contributed by atoms with Gasteiger partial charge < -0.3 is 9.47 Å². The highest BCUT2D eigenvalue weighted by atomic mass is 19.4. The van der Waals surface area contributed by atoms with Crippen molar-refractivity contribution in [1.82, 2.24) is 0 Å². The molecule has 27 heavy (non-hydrogen) atoms. The number of alkyl halides is 4. The molecule has 0 aromatic heterocycles. The molecule has 0 amide bonds. The zero-order valence-electron chi connectivity index (χ0n) is 15.4. The molecule has 1 saturated carbocycles. The first-order valence-corrected chi connectivity index (χ1v) is 9.48. The quantitative estimate of drug-likeness (QED) is 0.229. The summed E-state index contributed by atoms with van der Waals surface area (Å²) in [5.74, 6) is 0.129. The van der Waals surface area contributed by atoms with Gasteiger partial charge in [-0.1, -0.05) is 32.6 Å². The Morgan fingerprint density at radius 3 is 2.22 bits per heavy atom. The number of benzene rings is 1. The van der Waals surface area contributed by atoms with Gasteiger partial charge in [0.15, 0.2) is 0 Å². The molecule has 152 valence electrons. The minimum atomic E-state index is -5.08. The van der Waals surface area contributed by atoms with Gasteiger partial charge in [-0.2, -0.15) is 17.6 Å². The first-order chi connectivity index (χ1) is 12.8. The smallest absolute Gasteiger partial charge is 0.452 e. The van der Waals surface area contributed by atoms with Gasteiger partial charge in [-0.15, -0.1) is 0 Å². The van der Waals surface area contributed by atoms with Crippen molar-refractivity contribution in [1.29, 1.82) is 0 Å². The fraction of sp³-hybridized carbons (Fsp3) is 0.650. The number of unbranched alkanes of at least 4 members (excludes halogenated alkanes) is 2. The fourth-order valence-corrected chi connectivity index (χ4v) is 3.34. The Morgan fingerprint density at radius 1 is 1.07 bits per heavy atom. The summed E-state index contributed by atoms with van der Waals surface area (Å²) in [6.45, 7) is 2.18. The zero-order valence-corrected chi connectivity index (χ0v) is 15.4. The van der Waals surface area contributed by atoms with Crippen molar-refractivity contribution in [3.63, 3.8) is 0 Å². The molecule has 1 aromatic rings. The fourth-order valence-electron chi connectivity index (χ4n) is 3.34. The van der Waals surface area contributed by atoms with Gasteiger partial charge in [0.25, 0.3) is 0 Å². The van der Waals surface area contributed by atoms with Crippen LogP contribution in [0, 0.1) is 11.8 Å². The van der Waals surface area contributed by atoms with Gasteiger partial charge in [0.2, 0.25) is 0 Å². The third-order valence-electron chi connectivity index (χ3n) is 4.94. The summed E-state index contributed by atoms with van der Waals surface area (Å²) >= 11 is 0. The van der Waals surface area contributed by atoms with E-state index >= 15 is 0 Å². The predicted molar refractivity (Wildman–Crippen MR) is 93.2 cm³/mol. The van der Waals surface area contributed by atoms with Crippen molar-refractivity contribution < 1.29 is 31.8 Å². The summed E-state index contributed by atoms with van der Waals surface area (Å²) in [7, 11) is 0. The molecule has 0 radical (unpaired) electrons. The summed E-state index contributed by atoms with van der Waals surface area (Å²) in [4.78, 5) is 12.3. The average Bonchev–Trinajstić information content (AvgIpc) is 2.63. The highest BCUT2D eigenvalue weighted by molar-refractivity contribution is 5.75. The van der Waals surface area contributed by atoms with E-state index in [-0.39, 0.29) is 23.4 Å². The van der Waals surface area contributed by atoms with Gasteiger partial charge in [-0.05, 0) is 55.9 Å². The molecule has 1 fully saturated rings. The van der Waals surface area contributed by atoms with E-state index in [0.717, 1.165) is 37.8 Å². The Balaban J connectivity index is 1.78. The van der Waals surface area contributed by atoms with Crippen LogP contribution in [0.2, 0.25) is 0 Å². The molecule has 0 heterocycles. The predicted octanol–water partition coefficient (Wildman–Crippen LogP) is 6.22. The lowest BCUT2D eigenvalue weighted by Crippen LogP contribution is -2.29. The van der Waals surface area contributed by atoms with Crippen molar-refractivity contribution in [3.8, 4) is 11.5 Å². The van der Waals surface area contributed by atoms with E-state index < -0.39 is 12.5 Å². The lowest BCUT2D eigenvalue weighted by Gasteiger charge is -2.27. The van der Waals surface area contributed by atoms with Crippen LogP contribution in [0.25, 0.3) is 0 Å². The normalized spacial score (nSPS) is 21.5. The zero-order chi connectivity index (χ0) is 19.9. The summed E-state index contributed by atoms with van der Waals surface area (Å²) in [6.07, 6.45) is 0.0545. The van der Waals surface area contributed by atoms with Crippen LogP contribution in [0.15, 0.2) is 24.3 Å². The second kappa shape index (κ2) is 9.95. The first kappa shape index (κ1) is 21.5. The molecular formula is C20H26F4O3. The molecule has 1 aromatic carbocycles. The Labute approximate surface area is 157 Å². The lowest BCUT2D eigenvalue weighted by molar-refractivity contribution is -0.236. The Kier molecular flexibility index (Phi) is 7.92. The molecule has 0 N–H and O–H groups in total. The largest absolute Gasteiger partial charge is 0.457 e. The molecule has 1 aliphatic carbocycles. The van der Waals surface area contributed by atoms with E-state index in [0.29, 0.717) is 5.92 Å². The third kappa shape index (κ3) is 7.03. The van der Waals surface area contributed by atoms with E-state index in [1.165, 1.54) is 37.8 Å². The van der Waals surface area contributed by atoms with Crippen molar-refractivity contribution in [3.05, 3.63) is 24.3 Å². The molecule has 7 heteroatoms.